The van der Waals surface area contributed by atoms with Gasteiger partial charge in [0.25, 0.3) is 0 Å². The van der Waals surface area contributed by atoms with Crippen molar-refractivity contribution in [3.05, 3.63) is 47.0 Å². The summed E-state index contributed by atoms with van der Waals surface area (Å²) in [6.45, 7) is 5.90. The number of carboxylic acid groups (broad SMARTS) is 1. The smallest absolute Gasteiger partial charge is 0.335 e. The summed E-state index contributed by atoms with van der Waals surface area (Å²) < 4.78 is 2.01. The quantitative estimate of drug-likeness (QED) is 0.862. The molecular weight excluding hydrogens is 216 g/mol. The maximum Gasteiger partial charge on any atom is 0.335 e. The highest BCUT2D eigenvalue weighted by atomic mass is 16.4. The van der Waals surface area contributed by atoms with Crippen molar-refractivity contribution in [1.29, 1.82) is 0 Å². The van der Waals surface area contributed by atoms with Crippen LogP contribution in [0.1, 0.15) is 27.6 Å². The average molecular weight is 230 g/mol. The van der Waals surface area contributed by atoms with E-state index in [2.05, 4.69) is 4.98 Å². The van der Waals surface area contributed by atoms with Gasteiger partial charge in [-0.3, -0.25) is 0 Å². The van der Waals surface area contributed by atoms with Crippen molar-refractivity contribution in [2.75, 3.05) is 0 Å². The second kappa shape index (κ2) is 4.05. The number of aromatic nitrogens is 2. The average Bonchev–Trinajstić information content (AvgIpc) is 2.53. The van der Waals surface area contributed by atoms with Gasteiger partial charge < -0.3 is 9.67 Å². The van der Waals surface area contributed by atoms with E-state index in [9.17, 15) is 4.79 Å². The molecule has 17 heavy (non-hydrogen) atoms. The summed E-state index contributed by atoms with van der Waals surface area (Å²) in [4.78, 5) is 15.2. The molecule has 88 valence electrons. The van der Waals surface area contributed by atoms with Crippen LogP contribution < -0.4 is 0 Å². The van der Waals surface area contributed by atoms with Crippen molar-refractivity contribution in [2.45, 2.75) is 20.8 Å². The molecule has 1 N–H and O–H groups in total. The van der Waals surface area contributed by atoms with E-state index in [0.29, 0.717) is 5.56 Å². The van der Waals surface area contributed by atoms with Gasteiger partial charge in [-0.1, -0.05) is 0 Å². The molecule has 0 saturated heterocycles. The van der Waals surface area contributed by atoms with Crippen LogP contribution in [0.5, 0.6) is 0 Å². The van der Waals surface area contributed by atoms with Crippen LogP contribution in [0.4, 0.5) is 0 Å². The number of rotatable bonds is 2. The number of aromatic carboxylic acids is 1. The zero-order chi connectivity index (χ0) is 12.6. The van der Waals surface area contributed by atoms with E-state index in [0.717, 1.165) is 22.9 Å². The largest absolute Gasteiger partial charge is 0.478 e. The molecule has 1 aromatic carbocycles. The second-order valence-corrected chi connectivity index (χ2v) is 4.02. The standard InChI is InChI=1S/C13H14N2O2/c1-8-9(2)15(10(3)14-8)12-6-4-11(5-7-12)13(16)17/h4-7H,1-3H3,(H,16,17). The monoisotopic (exact) mass is 230 g/mol. The highest BCUT2D eigenvalue weighted by Crippen LogP contribution is 2.17. The third-order valence-corrected chi connectivity index (χ3v) is 2.88. The molecule has 0 saturated carbocycles. The fraction of sp³-hybridized carbons (Fsp3) is 0.231. The zero-order valence-corrected chi connectivity index (χ0v) is 10.1. The third kappa shape index (κ3) is 1.93. The predicted octanol–water partition coefficient (Wildman–Crippen LogP) is 2.50. The number of aryl methyl sites for hydroxylation is 2. The van der Waals surface area contributed by atoms with E-state index in [1.54, 1.807) is 24.3 Å². The molecule has 0 bridgehead atoms. The Kier molecular flexibility index (Phi) is 2.71. The molecule has 0 atom stereocenters. The molecular formula is C13H14N2O2. The lowest BCUT2D eigenvalue weighted by Gasteiger charge is -2.08. The minimum atomic E-state index is -0.910. The normalized spacial score (nSPS) is 10.5. The molecule has 0 fully saturated rings. The van der Waals surface area contributed by atoms with Crippen LogP contribution in [0.25, 0.3) is 5.69 Å². The maximum absolute atomic E-state index is 10.8. The highest BCUT2D eigenvalue weighted by molar-refractivity contribution is 5.87. The summed E-state index contributed by atoms with van der Waals surface area (Å²) in [6.07, 6.45) is 0. The molecule has 4 heteroatoms. The molecule has 0 aliphatic heterocycles. The number of imidazole rings is 1. The van der Waals surface area contributed by atoms with E-state index in [1.165, 1.54) is 0 Å². The molecule has 1 aromatic heterocycles. The van der Waals surface area contributed by atoms with E-state index in [-0.39, 0.29) is 0 Å². The van der Waals surface area contributed by atoms with E-state index < -0.39 is 5.97 Å². The van der Waals surface area contributed by atoms with Gasteiger partial charge in [0.15, 0.2) is 0 Å². The first kappa shape index (κ1) is 11.4. The lowest BCUT2D eigenvalue weighted by Crippen LogP contribution is -2.01. The number of nitrogens with zero attached hydrogens (tertiary/aromatic N) is 2. The summed E-state index contributed by atoms with van der Waals surface area (Å²) in [6, 6.07) is 6.80. The van der Waals surface area contributed by atoms with Gasteiger partial charge in [-0.15, -0.1) is 0 Å². The molecule has 1 heterocycles. The number of benzene rings is 1. The van der Waals surface area contributed by atoms with Crippen molar-refractivity contribution in [3.63, 3.8) is 0 Å². The van der Waals surface area contributed by atoms with Crippen LogP contribution in [0.3, 0.4) is 0 Å². The van der Waals surface area contributed by atoms with Gasteiger partial charge in [-0.05, 0) is 45.0 Å². The molecule has 0 amide bonds. The number of hydrogen-bond donors (Lipinski definition) is 1. The van der Waals surface area contributed by atoms with E-state index in [1.807, 2.05) is 25.3 Å². The minimum absolute atomic E-state index is 0.292. The Hall–Kier alpha value is -2.10. The molecule has 0 spiro atoms. The minimum Gasteiger partial charge on any atom is -0.478 e. The molecule has 2 rings (SSSR count). The Balaban J connectivity index is 2.50. The van der Waals surface area contributed by atoms with Crippen LogP contribution >= 0.6 is 0 Å². The number of carboxylic acids is 1. The van der Waals surface area contributed by atoms with Crippen molar-refractivity contribution in [3.8, 4) is 5.69 Å². The summed E-state index contributed by atoms with van der Waals surface area (Å²) in [7, 11) is 0. The molecule has 0 aliphatic rings. The molecule has 2 aromatic rings. The first-order valence-corrected chi connectivity index (χ1v) is 5.37. The van der Waals surface area contributed by atoms with Crippen molar-refractivity contribution < 1.29 is 9.90 Å². The number of hydrogen-bond acceptors (Lipinski definition) is 2. The predicted molar refractivity (Wildman–Crippen MR) is 64.7 cm³/mol. The topological polar surface area (TPSA) is 55.1 Å². The lowest BCUT2D eigenvalue weighted by atomic mass is 10.2. The number of carbonyl (C=O) groups is 1. The van der Waals surface area contributed by atoms with Crippen molar-refractivity contribution in [1.82, 2.24) is 9.55 Å². The molecule has 0 aliphatic carbocycles. The summed E-state index contributed by atoms with van der Waals surface area (Å²) >= 11 is 0. The Morgan fingerprint density at radius 2 is 1.76 bits per heavy atom. The van der Waals surface area contributed by atoms with Gasteiger partial charge in [0.2, 0.25) is 0 Å². The van der Waals surface area contributed by atoms with Crippen molar-refractivity contribution in [2.24, 2.45) is 0 Å². The Bertz CT molecular complexity index is 568. The summed E-state index contributed by atoms with van der Waals surface area (Å²) in [5, 5.41) is 8.84. The molecule has 4 nitrogen and oxygen atoms in total. The Morgan fingerprint density at radius 3 is 2.18 bits per heavy atom. The van der Waals surface area contributed by atoms with Crippen molar-refractivity contribution >= 4 is 5.97 Å². The van der Waals surface area contributed by atoms with Crippen LogP contribution in [-0.2, 0) is 0 Å². The third-order valence-electron chi connectivity index (χ3n) is 2.88. The zero-order valence-electron chi connectivity index (χ0n) is 10.1. The molecule has 0 unspecified atom stereocenters. The van der Waals surface area contributed by atoms with Gasteiger partial charge in [0.05, 0.1) is 11.3 Å². The Morgan fingerprint density at radius 1 is 1.18 bits per heavy atom. The van der Waals surface area contributed by atoms with E-state index in [4.69, 9.17) is 5.11 Å². The fourth-order valence-electron chi connectivity index (χ4n) is 1.91. The summed E-state index contributed by atoms with van der Waals surface area (Å²) in [5.74, 6) is -0.00474. The lowest BCUT2D eigenvalue weighted by molar-refractivity contribution is 0.0697. The van der Waals surface area contributed by atoms with Gasteiger partial charge in [-0.2, -0.15) is 0 Å². The van der Waals surface area contributed by atoms with Gasteiger partial charge in [0, 0.05) is 11.4 Å². The highest BCUT2D eigenvalue weighted by Gasteiger charge is 2.09. The van der Waals surface area contributed by atoms with Gasteiger partial charge in [-0.25, -0.2) is 9.78 Å². The van der Waals surface area contributed by atoms with Gasteiger partial charge >= 0.3 is 5.97 Å². The SMILES string of the molecule is Cc1nc(C)n(-c2ccc(C(=O)O)cc2)c1C. The second-order valence-electron chi connectivity index (χ2n) is 4.02. The summed E-state index contributed by atoms with van der Waals surface area (Å²) in [5.41, 5.74) is 3.29. The van der Waals surface area contributed by atoms with Crippen LogP contribution in [0.15, 0.2) is 24.3 Å². The van der Waals surface area contributed by atoms with Crippen LogP contribution in [-0.4, -0.2) is 20.6 Å². The first-order valence-electron chi connectivity index (χ1n) is 5.37. The Labute approximate surface area is 99.5 Å². The first-order chi connectivity index (χ1) is 8.00. The maximum atomic E-state index is 10.8. The van der Waals surface area contributed by atoms with Gasteiger partial charge in [0.1, 0.15) is 5.82 Å². The van der Waals surface area contributed by atoms with Crippen LogP contribution in [0, 0.1) is 20.8 Å². The fourth-order valence-corrected chi connectivity index (χ4v) is 1.91. The molecule has 0 radical (unpaired) electrons. The van der Waals surface area contributed by atoms with Crippen LogP contribution in [0.2, 0.25) is 0 Å². The van der Waals surface area contributed by atoms with E-state index >= 15 is 0 Å².